The average Bonchev–Trinajstić information content (AvgIpc) is 2.48. The van der Waals surface area contributed by atoms with E-state index in [1.807, 2.05) is 32.9 Å². The van der Waals surface area contributed by atoms with Crippen molar-refractivity contribution in [1.82, 2.24) is 10.2 Å². The van der Waals surface area contributed by atoms with Crippen LogP contribution < -0.4 is 9.64 Å². The standard InChI is InChI=1S/C15H23N3O3/c1-4-20-15(19)12-7-9-18(10-8-12)13-5-6-14(17-16-13)21-11(2)3/h5-6,11-12H,4,7-10H2,1-3H3. The second-order valence-electron chi connectivity index (χ2n) is 5.41. The van der Waals surface area contributed by atoms with Gasteiger partial charge < -0.3 is 14.4 Å². The fourth-order valence-corrected chi connectivity index (χ4v) is 2.39. The van der Waals surface area contributed by atoms with Crippen molar-refractivity contribution in [2.75, 3.05) is 24.6 Å². The van der Waals surface area contributed by atoms with Gasteiger partial charge in [0.1, 0.15) is 0 Å². The summed E-state index contributed by atoms with van der Waals surface area (Å²) in [6, 6.07) is 3.75. The van der Waals surface area contributed by atoms with Crippen LogP contribution >= 0.6 is 0 Å². The lowest BCUT2D eigenvalue weighted by atomic mass is 9.97. The molecule has 1 aromatic heterocycles. The molecule has 1 saturated heterocycles. The molecule has 0 aromatic carbocycles. The Hall–Kier alpha value is -1.85. The third-order valence-corrected chi connectivity index (χ3v) is 3.42. The predicted molar refractivity (Wildman–Crippen MR) is 79.4 cm³/mol. The molecule has 2 heterocycles. The summed E-state index contributed by atoms with van der Waals surface area (Å²) in [5.41, 5.74) is 0. The van der Waals surface area contributed by atoms with E-state index < -0.39 is 0 Å². The first-order chi connectivity index (χ1) is 10.1. The first-order valence-electron chi connectivity index (χ1n) is 7.52. The summed E-state index contributed by atoms with van der Waals surface area (Å²) in [7, 11) is 0. The van der Waals surface area contributed by atoms with Gasteiger partial charge in [-0.1, -0.05) is 0 Å². The van der Waals surface area contributed by atoms with Crippen LogP contribution in [0.4, 0.5) is 5.82 Å². The summed E-state index contributed by atoms with van der Waals surface area (Å²) < 4.78 is 10.6. The SMILES string of the molecule is CCOC(=O)C1CCN(c2ccc(OC(C)C)nn2)CC1. The molecule has 6 heteroatoms. The van der Waals surface area contributed by atoms with Gasteiger partial charge in [-0.25, -0.2) is 0 Å². The second-order valence-corrected chi connectivity index (χ2v) is 5.41. The highest BCUT2D eigenvalue weighted by Gasteiger charge is 2.26. The van der Waals surface area contributed by atoms with E-state index in [0.717, 1.165) is 31.7 Å². The minimum Gasteiger partial charge on any atom is -0.474 e. The third kappa shape index (κ3) is 4.31. The van der Waals surface area contributed by atoms with Crippen LogP contribution in [0.3, 0.4) is 0 Å². The summed E-state index contributed by atoms with van der Waals surface area (Å²) in [6.45, 7) is 7.78. The van der Waals surface area contributed by atoms with Gasteiger partial charge in [0.25, 0.3) is 0 Å². The van der Waals surface area contributed by atoms with Crippen LogP contribution in [0.25, 0.3) is 0 Å². The molecule has 0 saturated carbocycles. The van der Waals surface area contributed by atoms with E-state index in [2.05, 4.69) is 15.1 Å². The van der Waals surface area contributed by atoms with Crippen molar-refractivity contribution in [2.24, 2.45) is 5.92 Å². The predicted octanol–water partition coefficient (Wildman–Crippen LogP) is 2.04. The molecule has 0 aliphatic carbocycles. The number of piperidine rings is 1. The van der Waals surface area contributed by atoms with E-state index in [1.54, 1.807) is 0 Å². The highest BCUT2D eigenvalue weighted by Crippen LogP contribution is 2.23. The molecule has 0 N–H and O–H groups in total. The van der Waals surface area contributed by atoms with Gasteiger partial charge in [0.05, 0.1) is 18.6 Å². The Morgan fingerprint density at radius 2 is 2.05 bits per heavy atom. The normalized spacial score (nSPS) is 16.1. The van der Waals surface area contributed by atoms with Crippen molar-refractivity contribution in [1.29, 1.82) is 0 Å². The summed E-state index contributed by atoms with van der Waals surface area (Å²) in [5, 5.41) is 8.27. The molecule has 1 fully saturated rings. The molecule has 0 radical (unpaired) electrons. The molecule has 1 aliphatic rings. The van der Waals surface area contributed by atoms with E-state index in [1.165, 1.54) is 0 Å². The molecule has 0 amide bonds. The lowest BCUT2D eigenvalue weighted by Gasteiger charge is -2.31. The van der Waals surface area contributed by atoms with Gasteiger partial charge in [-0.15, -0.1) is 10.2 Å². The maximum absolute atomic E-state index is 11.7. The van der Waals surface area contributed by atoms with Crippen molar-refractivity contribution in [3.63, 3.8) is 0 Å². The van der Waals surface area contributed by atoms with Gasteiger partial charge in [0, 0.05) is 19.2 Å². The van der Waals surface area contributed by atoms with Gasteiger partial charge in [-0.05, 0) is 39.7 Å². The van der Waals surface area contributed by atoms with Crippen LogP contribution in [-0.4, -0.2) is 42.0 Å². The molecule has 0 bridgehead atoms. The molecule has 1 aromatic rings. The van der Waals surface area contributed by atoms with Crippen LogP contribution in [-0.2, 0) is 9.53 Å². The Morgan fingerprint density at radius 3 is 2.57 bits per heavy atom. The summed E-state index contributed by atoms with van der Waals surface area (Å²) in [4.78, 5) is 13.8. The topological polar surface area (TPSA) is 64.5 Å². The Kier molecular flexibility index (Phi) is 5.36. The minimum atomic E-state index is -0.0797. The number of carbonyl (C=O) groups is 1. The molecule has 6 nitrogen and oxygen atoms in total. The third-order valence-electron chi connectivity index (χ3n) is 3.42. The zero-order valence-corrected chi connectivity index (χ0v) is 12.9. The van der Waals surface area contributed by atoms with Gasteiger partial charge in [0.2, 0.25) is 5.88 Å². The number of carbonyl (C=O) groups excluding carboxylic acids is 1. The molecule has 0 spiro atoms. The van der Waals surface area contributed by atoms with Crippen LogP contribution in [0, 0.1) is 5.92 Å². The second kappa shape index (κ2) is 7.24. The quantitative estimate of drug-likeness (QED) is 0.774. The van der Waals surface area contributed by atoms with E-state index in [0.29, 0.717) is 12.5 Å². The molecule has 0 atom stereocenters. The largest absolute Gasteiger partial charge is 0.474 e. The molecule has 116 valence electrons. The first-order valence-corrected chi connectivity index (χ1v) is 7.52. The average molecular weight is 293 g/mol. The van der Waals surface area contributed by atoms with Crippen LogP contribution in [0.2, 0.25) is 0 Å². The Morgan fingerprint density at radius 1 is 1.33 bits per heavy atom. The lowest BCUT2D eigenvalue weighted by molar-refractivity contribution is -0.148. The fraction of sp³-hybridized carbons (Fsp3) is 0.667. The van der Waals surface area contributed by atoms with Crippen molar-refractivity contribution < 1.29 is 14.3 Å². The van der Waals surface area contributed by atoms with E-state index in [9.17, 15) is 4.79 Å². The highest BCUT2D eigenvalue weighted by atomic mass is 16.5. The Balaban J connectivity index is 1.88. The van der Waals surface area contributed by atoms with Gasteiger partial charge in [0.15, 0.2) is 5.82 Å². The highest BCUT2D eigenvalue weighted by molar-refractivity contribution is 5.72. The first kappa shape index (κ1) is 15.5. The van der Waals surface area contributed by atoms with E-state index >= 15 is 0 Å². The smallest absolute Gasteiger partial charge is 0.309 e. The number of hydrogen-bond donors (Lipinski definition) is 0. The van der Waals surface area contributed by atoms with E-state index in [-0.39, 0.29) is 18.0 Å². The summed E-state index contributed by atoms with van der Waals surface area (Å²) in [6.07, 6.45) is 1.68. The minimum absolute atomic E-state index is 0.0118. The maximum atomic E-state index is 11.7. The van der Waals surface area contributed by atoms with E-state index in [4.69, 9.17) is 9.47 Å². The van der Waals surface area contributed by atoms with Crippen LogP contribution in [0.1, 0.15) is 33.6 Å². The number of esters is 1. The summed E-state index contributed by atoms with van der Waals surface area (Å²) in [5.74, 6) is 1.30. The number of ether oxygens (including phenoxy) is 2. The number of aromatic nitrogens is 2. The molecule has 2 rings (SSSR count). The number of rotatable bonds is 5. The molecular weight excluding hydrogens is 270 g/mol. The summed E-state index contributed by atoms with van der Waals surface area (Å²) >= 11 is 0. The maximum Gasteiger partial charge on any atom is 0.309 e. The Labute approximate surface area is 125 Å². The lowest BCUT2D eigenvalue weighted by Crippen LogP contribution is -2.37. The zero-order valence-electron chi connectivity index (χ0n) is 12.9. The molecule has 0 unspecified atom stereocenters. The van der Waals surface area contributed by atoms with Gasteiger partial charge >= 0.3 is 5.97 Å². The van der Waals surface area contributed by atoms with Gasteiger partial charge in [-0.3, -0.25) is 4.79 Å². The number of hydrogen-bond acceptors (Lipinski definition) is 6. The van der Waals surface area contributed by atoms with Crippen molar-refractivity contribution in [3.05, 3.63) is 12.1 Å². The fourth-order valence-electron chi connectivity index (χ4n) is 2.39. The number of nitrogens with zero attached hydrogens (tertiary/aromatic N) is 3. The number of anilines is 1. The molecule has 21 heavy (non-hydrogen) atoms. The molecule has 1 aliphatic heterocycles. The van der Waals surface area contributed by atoms with Crippen molar-refractivity contribution >= 4 is 11.8 Å². The zero-order chi connectivity index (χ0) is 15.2. The van der Waals surface area contributed by atoms with Crippen molar-refractivity contribution in [2.45, 2.75) is 39.7 Å². The Bertz CT molecular complexity index is 454. The van der Waals surface area contributed by atoms with Crippen molar-refractivity contribution in [3.8, 4) is 5.88 Å². The molecular formula is C15H23N3O3. The monoisotopic (exact) mass is 293 g/mol. The van der Waals surface area contributed by atoms with Crippen LogP contribution in [0.5, 0.6) is 5.88 Å². The van der Waals surface area contributed by atoms with Gasteiger partial charge in [-0.2, -0.15) is 0 Å². The van der Waals surface area contributed by atoms with Crippen LogP contribution in [0.15, 0.2) is 12.1 Å².